The van der Waals surface area contributed by atoms with E-state index in [9.17, 15) is 14.9 Å². The quantitative estimate of drug-likeness (QED) is 0.296. The predicted molar refractivity (Wildman–Crippen MR) is 120 cm³/mol. The Labute approximate surface area is 177 Å². The molecule has 154 valence electrons. The van der Waals surface area contributed by atoms with Crippen LogP contribution in [0.25, 0.3) is 11.0 Å². The molecule has 2 heterocycles. The van der Waals surface area contributed by atoms with Crippen molar-refractivity contribution < 1.29 is 9.34 Å². The molecule has 0 saturated carbocycles. The summed E-state index contributed by atoms with van der Waals surface area (Å²) in [4.78, 5) is 26.3. The Bertz CT molecular complexity index is 1170. The molecule has 0 aliphatic carbocycles. The van der Waals surface area contributed by atoms with Gasteiger partial charge in [-0.15, -0.1) is 0 Å². The van der Waals surface area contributed by atoms with Gasteiger partial charge in [-0.2, -0.15) is 0 Å². The largest absolute Gasteiger partial charge is 0.423 e. The van der Waals surface area contributed by atoms with Gasteiger partial charge in [0, 0.05) is 67.2 Å². The molecule has 4 rings (SSSR count). The Morgan fingerprint density at radius 1 is 1.10 bits per heavy atom. The van der Waals surface area contributed by atoms with Crippen LogP contribution in [-0.2, 0) is 0 Å². The summed E-state index contributed by atoms with van der Waals surface area (Å²) in [7, 11) is 0. The number of thiocarbonyl (C=S) groups is 1. The maximum Gasteiger partial charge on any atom is 0.336 e. The van der Waals surface area contributed by atoms with Crippen molar-refractivity contribution in [2.45, 2.75) is 6.92 Å². The van der Waals surface area contributed by atoms with Crippen LogP contribution in [0, 0.1) is 17.0 Å². The summed E-state index contributed by atoms with van der Waals surface area (Å²) in [5, 5.41) is 15.5. The van der Waals surface area contributed by atoms with Crippen molar-refractivity contribution in [3.8, 4) is 0 Å². The number of fused-ring (bicyclic) bond motifs is 1. The van der Waals surface area contributed by atoms with E-state index >= 15 is 0 Å². The second kappa shape index (κ2) is 8.11. The molecule has 0 unspecified atom stereocenters. The predicted octanol–water partition coefficient (Wildman–Crippen LogP) is 3.53. The van der Waals surface area contributed by atoms with Gasteiger partial charge in [-0.25, -0.2) is 4.79 Å². The molecule has 30 heavy (non-hydrogen) atoms. The molecule has 1 aliphatic rings. The Morgan fingerprint density at radius 2 is 1.80 bits per heavy atom. The molecule has 0 amide bonds. The third-order valence-corrected chi connectivity index (χ3v) is 5.56. The summed E-state index contributed by atoms with van der Waals surface area (Å²) in [6.07, 6.45) is 0. The molecule has 0 spiro atoms. The van der Waals surface area contributed by atoms with Gasteiger partial charge in [0.05, 0.1) is 4.92 Å². The second-order valence-corrected chi connectivity index (χ2v) is 7.52. The minimum absolute atomic E-state index is 0.0872. The normalized spacial score (nSPS) is 14.0. The number of nitro groups is 1. The molecule has 9 heteroatoms. The van der Waals surface area contributed by atoms with E-state index in [2.05, 4.69) is 15.1 Å². The van der Waals surface area contributed by atoms with Crippen LogP contribution >= 0.6 is 12.2 Å². The summed E-state index contributed by atoms with van der Waals surface area (Å²) in [5.74, 6) is 0. The fraction of sp³-hybridized carbons (Fsp3) is 0.238. The Hall–Kier alpha value is -3.46. The standard InChI is InChI=1S/C21H20N4O4S/c1-14-12-20(26)29-19-13-15(2-7-18(14)19)22-21(30)24-10-8-23(9-11-24)16-3-5-17(6-4-16)25(27)28/h2-7,12-13H,8-11H2,1H3,(H,22,30). The number of aryl methyl sites for hydroxylation is 1. The van der Waals surface area contributed by atoms with Crippen LogP contribution in [0.15, 0.2) is 57.7 Å². The number of piperazine rings is 1. The number of nitrogens with zero attached hydrogens (tertiary/aromatic N) is 3. The molecule has 1 aromatic heterocycles. The highest BCUT2D eigenvalue weighted by atomic mass is 32.1. The van der Waals surface area contributed by atoms with Crippen molar-refractivity contribution >= 4 is 45.4 Å². The van der Waals surface area contributed by atoms with Gasteiger partial charge >= 0.3 is 5.63 Å². The van der Waals surface area contributed by atoms with Crippen LogP contribution < -0.4 is 15.8 Å². The average Bonchev–Trinajstić information content (AvgIpc) is 2.73. The lowest BCUT2D eigenvalue weighted by atomic mass is 10.1. The van der Waals surface area contributed by atoms with Gasteiger partial charge in [-0.1, -0.05) is 0 Å². The van der Waals surface area contributed by atoms with Gasteiger partial charge in [0.2, 0.25) is 0 Å². The first-order valence-corrected chi connectivity index (χ1v) is 9.91. The van der Waals surface area contributed by atoms with Crippen molar-refractivity contribution in [3.05, 3.63) is 74.6 Å². The Morgan fingerprint density at radius 3 is 2.47 bits per heavy atom. The smallest absolute Gasteiger partial charge is 0.336 e. The van der Waals surface area contributed by atoms with Crippen LogP contribution in [0.1, 0.15) is 5.56 Å². The molecule has 1 aliphatic heterocycles. The summed E-state index contributed by atoms with van der Waals surface area (Å²) < 4.78 is 5.30. The van der Waals surface area contributed by atoms with Gasteiger partial charge in [-0.05, 0) is 49.0 Å². The Balaban J connectivity index is 1.39. The third-order valence-electron chi connectivity index (χ3n) is 5.20. The lowest BCUT2D eigenvalue weighted by Gasteiger charge is -2.37. The number of anilines is 2. The maximum atomic E-state index is 11.6. The number of nitro benzene ring substituents is 1. The van der Waals surface area contributed by atoms with Crippen LogP contribution in [0.3, 0.4) is 0 Å². The molecule has 8 nitrogen and oxygen atoms in total. The first-order valence-electron chi connectivity index (χ1n) is 9.50. The van der Waals surface area contributed by atoms with Crippen LogP contribution in [0.2, 0.25) is 0 Å². The highest BCUT2D eigenvalue weighted by molar-refractivity contribution is 7.80. The van der Waals surface area contributed by atoms with E-state index in [-0.39, 0.29) is 11.3 Å². The fourth-order valence-electron chi connectivity index (χ4n) is 3.56. The number of benzene rings is 2. The first kappa shape index (κ1) is 19.8. The van der Waals surface area contributed by atoms with Gasteiger partial charge < -0.3 is 19.5 Å². The lowest BCUT2D eigenvalue weighted by molar-refractivity contribution is -0.384. The van der Waals surface area contributed by atoms with E-state index in [1.165, 1.54) is 18.2 Å². The second-order valence-electron chi connectivity index (χ2n) is 7.14. The highest BCUT2D eigenvalue weighted by Gasteiger charge is 2.20. The minimum atomic E-state index is -0.398. The zero-order valence-corrected chi connectivity index (χ0v) is 17.1. The molecular weight excluding hydrogens is 404 g/mol. The van der Waals surface area contributed by atoms with Crippen LogP contribution in [-0.4, -0.2) is 41.1 Å². The Kier molecular flexibility index (Phi) is 5.37. The van der Waals surface area contributed by atoms with E-state index in [0.29, 0.717) is 10.7 Å². The SMILES string of the molecule is Cc1cc(=O)oc2cc(NC(=S)N3CCN(c4ccc([N+](=O)[O-])cc4)CC3)ccc12. The number of non-ortho nitro benzene ring substituents is 1. The van der Waals surface area contributed by atoms with E-state index < -0.39 is 4.92 Å². The molecule has 3 aromatic rings. The molecule has 1 N–H and O–H groups in total. The van der Waals surface area contributed by atoms with Gasteiger partial charge in [0.1, 0.15) is 5.58 Å². The number of hydrogen-bond acceptors (Lipinski definition) is 6. The molecule has 0 bridgehead atoms. The summed E-state index contributed by atoms with van der Waals surface area (Å²) in [6, 6.07) is 13.7. The zero-order valence-electron chi connectivity index (χ0n) is 16.3. The van der Waals surface area contributed by atoms with Gasteiger partial charge in [0.25, 0.3) is 5.69 Å². The van der Waals surface area contributed by atoms with Crippen LogP contribution in [0.5, 0.6) is 0 Å². The molecule has 0 atom stereocenters. The summed E-state index contributed by atoms with van der Waals surface area (Å²) >= 11 is 5.56. The van der Waals surface area contributed by atoms with Crippen molar-refractivity contribution in [3.63, 3.8) is 0 Å². The molecular formula is C21H20N4O4S. The lowest BCUT2D eigenvalue weighted by Crippen LogP contribution is -2.50. The molecule has 1 fully saturated rings. The number of rotatable bonds is 3. The topological polar surface area (TPSA) is 91.9 Å². The zero-order chi connectivity index (χ0) is 21.3. The van der Waals surface area contributed by atoms with Crippen molar-refractivity contribution in [2.24, 2.45) is 0 Å². The molecule has 2 aromatic carbocycles. The van der Waals surface area contributed by atoms with Gasteiger partial charge in [0.15, 0.2) is 5.11 Å². The summed E-state index contributed by atoms with van der Waals surface area (Å²) in [6.45, 7) is 4.84. The maximum absolute atomic E-state index is 11.6. The van der Waals surface area contributed by atoms with E-state index in [0.717, 1.165) is 48.5 Å². The van der Waals surface area contributed by atoms with Crippen molar-refractivity contribution in [2.75, 3.05) is 36.4 Å². The highest BCUT2D eigenvalue weighted by Crippen LogP contribution is 2.23. The number of hydrogen-bond donors (Lipinski definition) is 1. The first-order chi connectivity index (χ1) is 14.4. The minimum Gasteiger partial charge on any atom is -0.423 e. The van der Waals surface area contributed by atoms with Crippen molar-refractivity contribution in [1.29, 1.82) is 0 Å². The monoisotopic (exact) mass is 424 g/mol. The average molecular weight is 424 g/mol. The third kappa shape index (κ3) is 4.11. The van der Waals surface area contributed by atoms with E-state index in [1.54, 1.807) is 18.2 Å². The fourth-order valence-corrected chi connectivity index (χ4v) is 3.86. The van der Waals surface area contributed by atoms with Crippen LogP contribution in [0.4, 0.5) is 17.1 Å². The van der Waals surface area contributed by atoms with Gasteiger partial charge in [-0.3, -0.25) is 10.1 Å². The van der Waals surface area contributed by atoms with E-state index in [4.69, 9.17) is 16.6 Å². The molecule has 0 radical (unpaired) electrons. The van der Waals surface area contributed by atoms with Crippen molar-refractivity contribution in [1.82, 2.24) is 4.90 Å². The van der Waals surface area contributed by atoms with E-state index in [1.807, 2.05) is 19.1 Å². The summed E-state index contributed by atoms with van der Waals surface area (Å²) in [5.41, 5.74) is 2.83. The number of nitrogens with one attached hydrogen (secondary N) is 1. The molecule has 1 saturated heterocycles.